The molecule has 0 aromatic carbocycles. The molecule has 0 spiro atoms. The van der Waals surface area contributed by atoms with Crippen LogP contribution in [0.5, 0.6) is 0 Å². The average molecular weight is 611 g/mol. The van der Waals surface area contributed by atoms with Crippen LogP contribution in [0.25, 0.3) is 6.08 Å². The zero-order valence-corrected chi connectivity index (χ0v) is 23.6. The number of nitrogens with two attached hydrogens (primary N) is 1. The normalized spacial score (nSPS) is 19.4. The number of aromatic nitrogens is 2. The van der Waals surface area contributed by atoms with Gasteiger partial charge in [-0.05, 0) is 32.4 Å². The van der Waals surface area contributed by atoms with E-state index in [9.17, 15) is 24.4 Å². The van der Waals surface area contributed by atoms with E-state index < -0.39 is 53.1 Å². The summed E-state index contributed by atoms with van der Waals surface area (Å²) in [5.41, 5.74) is 4.68. The third-order valence-corrected chi connectivity index (χ3v) is 7.65. The number of thioether (sulfide) groups is 1. The summed E-state index contributed by atoms with van der Waals surface area (Å²) in [6.45, 7) is 4.26. The average Bonchev–Trinajstić information content (AvgIpc) is 3.52. The van der Waals surface area contributed by atoms with Crippen molar-refractivity contribution < 1.29 is 38.4 Å². The number of nitrogens with zero attached hydrogens (tertiary/aromatic N) is 4. The summed E-state index contributed by atoms with van der Waals surface area (Å²) in [7, 11) is 0. The Balaban J connectivity index is 1.54. The number of nitrogens with one attached hydrogen (secondary N) is 1. The van der Waals surface area contributed by atoms with E-state index >= 15 is 0 Å². The molecule has 40 heavy (non-hydrogen) atoms. The Labute approximate surface area is 240 Å². The SMILES string of the molecule is CC(C)(C)C(=O)OCOC(=O)C1=C(/C=C/c2cc(Cl)no2)CSC2C(NC(=O)/C(=N\O)c3csc(N)n3)C(=O)N12. The number of allylic oxidation sites excluding steroid dienone is 1. The number of rotatable bonds is 8. The molecule has 1 saturated heterocycles. The fraction of sp³-hybridized carbons (Fsp3) is 0.348. The number of carbonyl (C=O) groups excluding carboxylic acids is 4. The minimum Gasteiger partial charge on any atom is -0.427 e. The molecule has 4 N–H and O–H groups in total. The molecule has 17 heteroatoms. The number of carbonyl (C=O) groups is 4. The van der Waals surface area contributed by atoms with Gasteiger partial charge in [-0.2, -0.15) is 0 Å². The summed E-state index contributed by atoms with van der Waals surface area (Å²) in [4.78, 5) is 56.3. The molecule has 4 rings (SSSR count). The van der Waals surface area contributed by atoms with Crippen molar-refractivity contribution in [3.63, 3.8) is 0 Å². The Hall–Kier alpha value is -3.89. The first kappa shape index (κ1) is 29.1. The first-order chi connectivity index (χ1) is 18.9. The molecule has 0 saturated carbocycles. The smallest absolute Gasteiger partial charge is 0.358 e. The number of β-lactam (4-membered cyclic amide) rings is 1. The highest BCUT2D eigenvalue weighted by molar-refractivity contribution is 8.00. The number of halogens is 1. The lowest BCUT2D eigenvalue weighted by Gasteiger charge is -2.49. The molecule has 0 radical (unpaired) electrons. The topological polar surface area (TPSA) is 200 Å². The van der Waals surface area contributed by atoms with E-state index in [-0.39, 0.29) is 27.4 Å². The van der Waals surface area contributed by atoms with Crippen LogP contribution in [0.15, 0.2) is 38.5 Å². The zero-order chi connectivity index (χ0) is 29.2. The van der Waals surface area contributed by atoms with Gasteiger partial charge < -0.3 is 30.3 Å². The summed E-state index contributed by atoms with van der Waals surface area (Å²) in [5, 5.41) is 19.5. The quantitative estimate of drug-likeness (QED) is 0.0982. The number of thiazole rings is 1. The third kappa shape index (κ3) is 6.13. The first-order valence-corrected chi connectivity index (χ1v) is 13.8. The van der Waals surface area contributed by atoms with Gasteiger partial charge in [-0.25, -0.2) is 9.78 Å². The second-order valence-corrected chi connectivity index (χ2v) is 11.8. The van der Waals surface area contributed by atoms with Gasteiger partial charge in [0.2, 0.25) is 6.79 Å². The van der Waals surface area contributed by atoms with Crippen molar-refractivity contribution in [2.24, 2.45) is 10.6 Å². The van der Waals surface area contributed by atoms with Gasteiger partial charge in [-0.3, -0.25) is 19.3 Å². The van der Waals surface area contributed by atoms with Crippen molar-refractivity contribution in [1.82, 2.24) is 20.4 Å². The number of hydrogen-bond acceptors (Lipinski definition) is 14. The number of hydrogen-bond donors (Lipinski definition) is 3. The highest BCUT2D eigenvalue weighted by Gasteiger charge is 2.54. The van der Waals surface area contributed by atoms with E-state index in [0.717, 1.165) is 11.3 Å². The van der Waals surface area contributed by atoms with E-state index in [0.29, 0.717) is 11.3 Å². The predicted molar refractivity (Wildman–Crippen MR) is 144 cm³/mol. The van der Waals surface area contributed by atoms with Crippen LogP contribution < -0.4 is 11.1 Å². The van der Waals surface area contributed by atoms with Gasteiger partial charge in [-0.15, -0.1) is 23.1 Å². The van der Waals surface area contributed by atoms with Crippen LogP contribution in [0, 0.1) is 5.41 Å². The molecule has 212 valence electrons. The van der Waals surface area contributed by atoms with Gasteiger partial charge in [0.1, 0.15) is 22.8 Å². The first-order valence-electron chi connectivity index (χ1n) is 11.5. The molecule has 2 aliphatic rings. The van der Waals surface area contributed by atoms with Crippen molar-refractivity contribution in [3.05, 3.63) is 45.4 Å². The monoisotopic (exact) mass is 610 g/mol. The number of amides is 2. The molecule has 2 amide bonds. The molecule has 14 nitrogen and oxygen atoms in total. The summed E-state index contributed by atoms with van der Waals surface area (Å²) in [5.74, 6) is -2.45. The molecule has 4 heterocycles. The van der Waals surface area contributed by atoms with Crippen molar-refractivity contribution in [2.75, 3.05) is 18.3 Å². The fourth-order valence-corrected chi connectivity index (χ4v) is 5.54. The molecule has 2 aromatic heterocycles. The summed E-state index contributed by atoms with van der Waals surface area (Å²) in [6, 6.07) is 0.406. The van der Waals surface area contributed by atoms with Crippen LogP contribution in [0.3, 0.4) is 0 Å². The Morgan fingerprint density at radius 3 is 2.70 bits per heavy atom. The van der Waals surface area contributed by atoms with Crippen molar-refractivity contribution in [2.45, 2.75) is 32.2 Å². The van der Waals surface area contributed by atoms with Gasteiger partial charge in [0.25, 0.3) is 11.8 Å². The molecule has 0 bridgehead atoms. The molecule has 0 aliphatic carbocycles. The molecular weight excluding hydrogens is 588 g/mol. The number of esters is 2. The van der Waals surface area contributed by atoms with Crippen LogP contribution in [0.1, 0.15) is 32.2 Å². The number of nitrogen functional groups attached to an aromatic ring is 1. The summed E-state index contributed by atoms with van der Waals surface area (Å²) >= 11 is 8.10. The predicted octanol–water partition coefficient (Wildman–Crippen LogP) is 2.00. The van der Waals surface area contributed by atoms with Crippen LogP contribution in [0.2, 0.25) is 5.15 Å². The second kappa shape index (κ2) is 11.7. The minimum atomic E-state index is -1.05. The van der Waals surface area contributed by atoms with E-state index in [1.54, 1.807) is 26.8 Å². The Kier molecular flexibility index (Phi) is 8.51. The standard InChI is InChI=1S/C23H23ClN6O8S2/c1-23(2,3)21(34)37-9-36-20(33)16-10(4-5-11-6-13(24)29-38-11)7-39-19-15(18(32)30(16)19)27-17(31)14(28-35)12-8-40-22(25)26-12/h4-6,8,15,19,35H,7,9H2,1-3H3,(H2,25,26)(H,27,31)/b5-4+,28-14-. The van der Waals surface area contributed by atoms with E-state index in [4.69, 9.17) is 31.3 Å². The van der Waals surface area contributed by atoms with Crippen LogP contribution >= 0.6 is 34.7 Å². The number of ether oxygens (including phenoxy) is 2. The van der Waals surface area contributed by atoms with Gasteiger partial charge in [0, 0.05) is 17.2 Å². The maximum absolute atomic E-state index is 13.2. The summed E-state index contributed by atoms with van der Waals surface area (Å²) in [6.07, 6.45) is 3.05. The Bertz CT molecular complexity index is 1440. The zero-order valence-electron chi connectivity index (χ0n) is 21.2. The Morgan fingerprint density at radius 1 is 1.35 bits per heavy atom. The van der Waals surface area contributed by atoms with Crippen molar-refractivity contribution in [1.29, 1.82) is 0 Å². The number of fused-ring (bicyclic) bond motifs is 1. The summed E-state index contributed by atoms with van der Waals surface area (Å²) < 4.78 is 15.2. The van der Waals surface area contributed by atoms with E-state index in [1.165, 1.54) is 34.2 Å². The van der Waals surface area contributed by atoms with E-state index in [1.807, 2.05) is 0 Å². The van der Waals surface area contributed by atoms with Crippen molar-refractivity contribution in [3.8, 4) is 0 Å². The molecule has 2 aromatic rings. The van der Waals surface area contributed by atoms with Crippen molar-refractivity contribution >= 4 is 75.4 Å². The molecule has 2 unspecified atom stereocenters. The van der Waals surface area contributed by atoms with Gasteiger partial charge in [0.15, 0.2) is 21.8 Å². The Morgan fingerprint density at radius 2 is 2.10 bits per heavy atom. The van der Waals surface area contributed by atoms with E-state index in [2.05, 4.69) is 20.6 Å². The maximum atomic E-state index is 13.2. The molecular formula is C23H23ClN6O8S2. The van der Waals surface area contributed by atoms with Gasteiger partial charge in [-0.1, -0.05) is 28.0 Å². The maximum Gasteiger partial charge on any atom is 0.358 e. The number of oxime groups is 1. The fourth-order valence-electron chi connectivity index (χ4n) is 3.53. The lowest BCUT2D eigenvalue weighted by atomic mass is 9.98. The van der Waals surface area contributed by atoms with Gasteiger partial charge >= 0.3 is 11.9 Å². The number of anilines is 1. The second-order valence-electron chi connectivity index (χ2n) is 9.37. The largest absolute Gasteiger partial charge is 0.427 e. The van der Waals surface area contributed by atoms with Crippen LogP contribution in [-0.2, 0) is 28.7 Å². The minimum absolute atomic E-state index is 0.0383. The molecule has 2 atom stereocenters. The van der Waals surface area contributed by atoms with Gasteiger partial charge in [0.05, 0.1) is 5.41 Å². The van der Waals surface area contributed by atoms with Crippen LogP contribution in [-0.4, -0.2) is 73.7 Å². The van der Waals surface area contributed by atoms with Crippen LogP contribution in [0.4, 0.5) is 5.13 Å². The lowest BCUT2D eigenvalue weighted by molar-refractivity contribution is -0.173. The highest BCUT2D eigenvalue weighted by atomic mass is 35.5. The molecule has 1 fully saturated rings. The third-order valence-electron chi connectivity index (χ3n) is 5.50. The lowest BCUT2D eigenvalue weighted by Crippen LogP contribution is -2.71. The molecule has 2 aliphatic heterocycles. The highest BCUT2D eigenvalue weighted by Crippen LogP contribution is 2.41.